The molecule has 1 aliphatic rings. The zero-order valence-corrected chi connectivity index (χ0v) is 11.1. The summed E-state index contributed by atoms with van der Waals surface area (Å²) in [6.45, 7) is 4.12. The molecule has 0 aliphatic heterocycles. The van der Waals surface area contributed by atoms with Crippen molar-refractivity contribution >= 4 is 11.7 Å². The van der Waals surface area contributed by atoms with Gasteiger partial charge in [0.05, 0.1) is 5.56 Å². The number of carbonyl (C=O) groups excluding carboxylic acids is 1. The summed E-state index contributed by atoms with van der Waals surface area (Å²) in [7, 11) is 0. The maximum atomic E-state index is 12.1. The highest BCUT2D eigenvalue weighted by Gasteiger charge is 2.23. The average Bonchev–Trinajstić information content (AvgIpc) is 2.32. The van der Waals surface area contributed by atoms with Crippen molar-refractivity contribution in [2.24, 2.45) is 5.92 Å². The number of nitrogen functional groups attached to an aromatic ring is 1. The molecule has 2 rings (SSSR count). The van der Waals surface area contributed by atoms with Gasteiger partial charge in [0.2, 0.25) is 0 Å². The van der Waals surface area contributed by atoms with E-state index in [0.29, 0.717) is 17.2 Å². The third-order valence-corrected chi connectivity index (χ3v) is 3.64. The van der Waals surface area contributed by atoms with Crippen LogP contribution in [0, 0.1) is 12.8 Å². The highest BCUT2D eigenvalue weighted by Crippen LogP contribution is 2.27. The molecule has 1 fully saturated rings. The standard InChI is InChI=1S/C15H21NO2/c1-10-4-3-5-13(8-10)18-15(17)14-9-12(16)7-6-11(14)2/h6-7,9-10,13H,3-5,8,16H2,1-2H3. The predicted octanol–water partition coefficient (Wildman–Crippen LogP) is 3.31. The molecule has 0 saturated heterocycles. The second-order valence-electron chi connectivity index (χ2n) is 5.37. The van der Waals surface area contributed by atoms with Crippen LogP contribution in [0.25, 0.3) is 0 Å². The summed E-state index contributed by atoms with van der Waals surface area (Å²) in [6.07, 6.45) is 4.42. The first-order valence-corrected chi connectivity index (χ1v) is 6.63. The number of esters is 1. The smallest absolute Gasteiger partial charge is 0.338 e. The molecule has 0 heterocycles. The molecule has 3 heteroatoms. The van der Waals surface area contributed by atoms with Crippen molar-refractivity contribution in [3.05, 3.63) is 29.3 Å². The molecule has 0 bridgehead atoms. The average molecular weight is 247 g/mol. The van der Waals surface area contributed by atoms with Gasteiger partial charge in [-0.05, 0) is 49.8 Å². The van der Waals surface area contributed by atoms with Crippen LogP contribution in [-0.2, 0) is 4.74 Å². The number of nitrogens with two attached hydrogens (primary N) is 1. The topological polar surface area (TPSA) is 52.3 Å². The van der Waals surface area contributed by atoms with Gasteiger partial charge in [-0.3, -0.25) is 0 Å². The first kappa shape index (κ1) is 12.9. The van der Waals surface area contributed by atoms with Crippen LogP contribution in [0.15, 0.2) is 18.2 Å². The van der Waals surface area contributed by atoms with Crippen LogP contribution >= 0.6 is 0 Å². The summed E-state index contributed by atoms with van der Waals surface area (Å²) in [5, 5.41) is 0. The van der Waals surface area contributed by atoms with E-state index in [4.69, 9.17) is 10.5 Å². The number of hydrogen-bond acceptors (Lipinski definition) is 3. The van der Waals surface area contributed by atoms with Crippen molar-refractivity contribution in [1.29, 1.82) is 0 Å². The van der Waals surface area contributed by atoms with E-state index in [-0.39, 0.29) is 12.1 Å². The Morgan fingerprint density at radius 1 is 1.39 bits per heavy atom. The molecule has 1 aromatic carbocycles. The van der Waals surface area contributed by atoms with Crippen LogP contribution in [0.1, 0.15) is 48.5 Å². The molecule has 18 heavy (non-hydrogen) atoms. The lowest BCUT2D eigenvalue weighted by atomic mass is 9.88. The molecule has 3 nitrogen and oxygen atoms in total. The Morgan fingerprint density at radius 3 is 2.89 bits per heavy atom. The largest absolute Gasteiger partial charge is 0.459 e. The van der Waals surface area contributed by atoms with Gasteiger partial charge in [0, 0.05) is 5.69 Å². The predicted molar refractivity (Wildman–Crippen MR) is 72.4 cm³/mol. The molecular weight excluding hydrogens is 226 g/mol. The molecule has 2 unspecified atom stereocenters. The zero-order valence-electron chi connectivity index (χ0n) is 11.1. The Hall–Kier alpha value is -1.51. The van der Waals surface area contributed by atoms with Gasteiger partial charge in [0.1, 0.15) is 6.10 Å². The van der Waals surface area contributed by atoms with E-state index in [0.717, 1.165) is 24.8 Å². The van der Waals surface area contributed by atoms with E-state index >= 15 is 0 Å². The number of rotatable bonds is 2. The molecule has 98 valence electrons. The first-order valence-electron chi connectivity index (χ1n) is 6.63. The van der Waals surface area contributed by atoms with Crippen molar-refractivity contribution in [3.8, 4) is 0 Å². The minimum absolute atomic E-state index is 0.0714. The number of hydrogen-bond donors (Lipinski definition) is 1. The quantitative estimate of drug-likeness (QED) is 0.644. The van der Waals surface area contributed by atoms with Gasteiger partial charge in [-0.2, -0.15) is 0 Å². The summed E-state index contributed by atoms with van der Waals surface area (Å²) in [5.41, 5.74) is 7.82. The Labute approximate surface area is 108 Å². The van der Waals surface area contributed by atoms with Gasteiger partial charge < -0.3 is 10.5 Å². The van der Waals surface area contributed by atoms with Crippen LogP contribution in [0.2, 0.25) is 0 Å². The number of aryl methyl sites for hydroxylation is 1. The monoisotopic (exact) mass is 247 g/mol. The van der Waals surface area contributed by atoms with Gasteiger partial charge in [-0.15, -0.1) is 0 Å². The number of carbonyl (C=O) groups is 1. The SMILES string of the molecule is Cc1ccc(N)cc1C(=O)OC1CCCC(C)C1. The Kier molecular flexibility index (Phi) is 3.90. The lowest BCUT2D eigenvalue weighted by Gasteiger charge is -2.26. The van der Waals surface area contributed by atoms with Gasteiger partial charge in [0.25, 0.3) is 0 Å². The number of ether oxygens (including phenoxy) is 1. The highest BCUT2D eigenvalue weighted by atomic mass is 16.5. The van der Waals surface area contributed by atoms with Crippen molar-refractivity contribution in [1.82, 2.24) is 0 Å². The number of benzene rings is 1. The third kappa shape index (κ3) is 3.03. The van der Waals surface area contributed by atoms with E-state index in [2.05, 4.69) is 6.92 Å². The minimum Gasteiger partial charge on any atom is -0.459 e. The maximum Gasteiger partial charge on any atom is 0.338 e. The molecule has 0 amide bonds. The first-order chi connectivity index (χ1) is 8.56. The van der Waals surface area contributed by atoms with Crippen LogP contribution < -0.4 is 5.73 Å². The van der Waals surface area contributed by atoms with Crippen molar-refractivity contribution in [2.45, 2.75) is 45.6 Å². The summed E-state index contributed by atoms with van der Waals surface area (Å²) in [4.78, 5) is 12.1. The van der Waals surface area contributed by atoms with Gasteiger partial charge in [-0.1, -0.05) is 19.4 Å². The number of anilines is 1. The molecule has 0 radical (unpaired) electrons. The molecular formula is C15H21NO2. The fraction of sp³-hybridized carbons (Fsp3) is 0.533. The summed E-state index contributed by atoms with van der Waals surface area (Å²) in [6, 6.07) is 5.36. The molecule has 1 aliphatic carbocycles. The van der Waals surface area contributed by atoms with E-state index in [1.165, 1.54) is 6.42 Å². The molecule has 0 aromatic heterocycles. The van der Waals surface area contributed by atoms with Crippen LogP contribution in [0.4, 0.5) is 5.69 Å². The van der Waals surface area contributed by atoms with Gasteiger partial charge in [0.15, 0.2) is 0 Å². The van der Waals surface area contributed by atoms with Gasteiger partial charge >= 0.3 is 5.97 Å². The minimum atomic E-state index is -0.237. The molecule has 2 atom stereocenters. The lowest BCUT2D eigenvalue weighted by molar-refractivity contribution is 0.0154. The summed E-state index contributed by atoms with van der Waals surface area (Å²) in [5.74, 6) is 0.414. The van der Waals surface area contributed by atoms with E-state index < -0.39 is 0 Å². The molecule has 0 spiro atoms. The van der Waals surface area contributed by atoms with E-state index in [1.807, 2.05) is 13.0 Å². The lowest BCUT2D eigenvalue weighted by Crippen LogP contribution is -2.24. The zero-order chi connectivity index (χ0) is 13.1. The Balaban J connectivity index is 2.05. The third-order valence-electron chi connectivity index (χ3n) is 3.64. The molecule has 1 aromatic rings. The fourth-order valence-corrected chi connectivity index (χ4v) is 2.56. The molecule has 2 N–H and O–H groups in total. The Bertz CT molecular complexity index is 442. The second-order valence-corrected chi connectivity index (χ2v) is 5.37. The van der Waals surface area contributed by atoms with Crippen LogP contribution in [0.3, 0.4) is 0 Å². The van der Waals surface area contributed by atoms with Crippen LogP contribution in [0.5, 0.6) is 0 Å². The summed E-state index contributed by atoms with van der Waals surface area (Å²) >= 11 is 0. The van der Waals surface area contributed by atoms with E-state index in [1.54, 1.807) is 12.1 Å². The summed E-state index contributed by atoms with van der Waals surface area (Å²) < 4.78 is 5.59. The van der Waals surface area contributed by atoms with Gasteiger partial charge in [-0.25, -0.2) is 4.79 Å². The molecule has 1 saturated carbocycles. The second kappa shape index (κ2) is 5.42. The fourth-order valence-electron chi connectivity index (χ4n) is 2.56. The van der Waals surface area contributed by atoms with Crippen molar-refractivity contribution < 1.29 is 9.53 Å². The normalized spacial score (nSPS) is 23.7. The van der Waals surface area contributed by atoms with Crippen LogP contribution in [-0.4, -0.2) is 12.1 Å². The van der Waals surface area contributed by atoms with Crippen molar-refractivity contribution in [3.63, 3.8) is 0 Å². The highest BCUT2D eigenvalue weighted by molar-refractivity contribution is 5.92. The van der Waals surface area contributed by atoms with E-state index in [9.17, 15) is 4.79 Å². The maximum absolute atomic E-state index is 12.1. The van der Waals surface area contributed by atoms with Crippen molar-refractivity contribution in [2.75, 3.05) is 5.73 Å². The Morgan fingerprint density at radius 2 is 2.17 bits per heavy atom.